The van der Waals surface area contributed by atoms with Crippen LogP contribution in [0.25, 0.3) is 0 Å². The van der Waals surface area contributed by atoms with E-state index in [2.05, 4.69) is 4.90 Å². The van der Waals surface area contributed by atoms with Gasteiger partial charge in [0.25, 0.3) is 5.91 Å². The number of nitrogens with zero attached hydrogens (tertiary/aromatic N) is 3. The Morgan fingerprint density at radius 3 is 2.46 bits per heavy atom. The zero-order valence-corrected chi connectivity index (χ0v) is 14.7. The van der Waals surface area contributed by atoms with Crippen LogP contribution in [0.4, 0.5) is 10.1 Å². The molecule has 1 fully saturated rings. The second kappa shape index (κ2) is 8.07. The summed E-state index contributed by atoms with van der Waals surface area (Å²) in [5.41, 5.74) is 1.38. The lowest BCUT2D eigenvalue weighted by Gasteiger charge is -2.36. The molecule has 0 unspecified atom stereocenters. The van der Waals surface area contributed by atoms with Crippen LogP contribution >= 0.6 is 11.6 Å². The fourth-order valence-corrected chi connectivity index (χ4v) is 3.02. The van der Waals surface area contributed by atoms with E-state index < -0.39 is 0 Å². The average Bonchev–Trinajstić information content (AvgIpc) is 2.67. The molecule has 0 aliphatic carbocycles. The number of rotatable bonds is 4. The molecule has 134 valence electrons. The number of anilines is 1. The number of benzene rings is 2. The van der Waals surface area contributed by atoms with Crippen LogP contribution in [0.1, 0.15) is 5.56 Å². The summed E-state index contributed by atoms with van der Waals surface area (Å²) in [5.74, 6) is -0.00526. The molecule has 1 saturated heterocycles. The van der Waals surface area contributed by atoms with Gasteiger partial charge in [-0.15, -0.1) is 0 Å². The van der Waals surface area contributed by atoms with E-state index in [1.54, 1.807) is 29.2 Å². The van der Waals surface area contributed by atoms with Crippen molar-refractivity contribution in [3.63, 3.8) is 0 Å². The molecule has 1 amide bonds. The van der Waals surface area contributed by atoms with Crippen molar-refractivity contribution in [1.82, 2.24) is 4.90 Å². The highest BCUT2D eigenvalue weighted by Gasteiger charge is 2.22. The van der Waals surface area contributed by atoms with Crippen LogP contribution in [-0.2, 0) is 4.79 Å². The van der Waals surface area contributed by atoms with E-state index in [1.807, 2.05) is 6.07 Å². The lowest BCUT2D eigenvalue weighted by Crippen LogP contribution is -2.50. The van der Waals surface area contributed by atoms with Crippen molar-refractivity contribution >= 4 is 23.2 Å². The minimum atomic E-state index is -0.263. The number of nitriles is 1. The van der Waals surface area contributed by atoms with Gasteiger partial charge in [-0.3, -0.25) is 4.79 Å². The second-order valence-corrected chi connectivity index (χ2v) is 6.30. The normalized spacial score (nSPS) is 14.0. The Hall–Kier alpha value is -2.78. The Bertz CT molecular complexity index is 828. The third kappa shape index (κ3) is 4.24. The summed E-state index contributed by atoms with van der Waals surface area (Å²) in [4.78, 5) is 16.2. The van der Waals surface area contributed by atoms with E-state index >= 15 is 0 Å². The summed E-state index contributed by atoms with van der Waals surface area (Å²) < 4.78 is 18.5. The first-order valence-electron chi connectivity index (χ1n) is 8.17. The van der Waals surface area contributed by atoms with Crippen molar-refractivity contribution in [2.45, 2.75) is 0 Å². The standard InChI is InChI=1S/C19H17ClFN3O2/c20-17-11-14(12-22)1-6-18(17)26-13-19(25)24-9-7-23(8-10-24)16-4-2-15(21)3-5-16/h1-6,11H,7-10,13H2. The van der Waals surface area contributed by atoms with E-state index in [0.717, 1.165) is 5.69 Å². The summed E-state index contributed by atoms with van der Waals surface area (Å²) in [6.07, 6.45) is 0. The first kappa shape index (κ1) is 18.0. The number of hydrogen-bond donors (Lipinski definition) is 0. The van der Waals surface area contributed by atoms with Gasteiger partial charge >= 0.3 is 0 Å². The van der Waals surface area contributed by atoms with Crippen molar-refractivity contribution in [3.8, 4) is 11.8 Å². The van der Waals surface area contributed by atoms with Gasteiger partial charge < -0.3 is 14.5 Å². The van der Waals surface area contributed by atoms with Crippen LogP contribution in [-0.4, -0.2) is 43.6 Å². The summed E-state index contributed by atoms with van der Waals surface area (Å²) in [6.45, 7) is 2.38. The van der Waals surface area contributed by atoms with Gasteiger partial charge in [-0.2, -0.15) is 5.26 Å². The molecular formula is C19H17ClFN3O2. The molecular weight excluding hydrogens is 357 g/mol. The SMILES string of the molecule is N#Cc1ccc(OCC(=O)N2CCN(c3ccc(F)cc3)CC2)c(Cl)c1. The molecule has 2 aromatic rings. The van der Waals surface area contributed by atoms with E-state index in [0.29, 0.717) is 42.5 Å². The molecule has 0 saturated carbocycles. The topological polar surface area (TPSA) is 56.6 Å². The largest absolute Gasteiger partial charge is 0.482 e. The predicted molar refractivity (Wildman–Crippen MR) is 96.9 cm³/mol. The Morgan fingerprint density at radius 1 is 1.15 bits per heavy atom. The number of carbonyl (C=O) groups excluding carboxylic acids is 1. The molecule has 7 heteroatoms. The van der Waals surface area contributed by atoms with Crippen molar-refractivity contribution < 1.29 is 13.9 Å². The number of piperazine rings is 1. The summed E-state index contributed by atoms with van der Waals surface area (Å²) >= 11 is 6.04. The van der Waals surface area contributed by atoms with Crippen LogP contribution in [0, 0.1) is 17.1 Å². The maximum Gasteiger partial charge on any atom is 0.260 e. The van der Waals surface area contributed by atoms with Gasteiger partial charge in [0.2, 0.25) is 0 Å². The third-order valence-electron chi connectivity index (χ3n) is 4.24. The molecule has 1 aliphatic heterocycles. The minimum Gasteiger partial charge on any atom is -0.482 e. The number of carbonyl (C=O) groups is 1. The highest BCUT2D eigenvalue weighted by Crippen LogP contribution is 2.25. The van der Waals surface area contributed by atoms with Crippen LogP contribution in [0.3, 0.4) is 0 Å². The van der Waals surface area contributed by atoms with Gasteiger partial charge in [-0.25, -0.2) is 4.39 Å². The Kier molecular flexibility index (Phi) is 5.59. The number of amides is 1. The van der Waals surface area contributed by atoms with Crippen LogP contribution < -0.4 is 9.64 Å². The van der Waals surface area contributed by atoms with Gasteiger partial charge in [0.05, 0.1) is 16.7 Å². The van der Waals surface area contributed by atoms with Gasteiger partial charge in [0.1, 0.15) is 11.6 Å². The van der Waals surface area contributed by atoms with E-state index in [9.17, 15) is 9.18 Å². The average molecular weight is 374 g/mol. The van der Waals surface area contributed by atoms with Crippen LogP contribution in [0.15, 0.2) is 42.5 Å². The molecule has 0 aromatic heterocycles. The van der Waals surface area contributed by atoms with Crippen molar-refractivity contribution in [2.75, 3.05) is 37.7 Å². The molecule has 1 heterocycles. The van der Waals surface area contributed by atoms with Gasteiger partial charge in [0.15, 0.2) is 6.61 Å². The molecule has 0 spiro atoms. The zero-order valence-electron chi connectivity index (χ0n) is 14.0. The third-order valence-corrected chi connectivity index (χ3v) is 4.53. The Morgan fingerprint density at radius 2 is 1.85 bits per heavy atom. The molecule has 26 heavy (non-hydrogen) atoms. The smallest absolute Gasteiger partial charge is 0.260 e. The first-order valence-corrected chi connectivity index (χ1v) is 8.55. The lowest BCUT2D eigenvalue weighted by molar-refractivity contribution is -0.133. The van der Waals surface area contributed by atoms with Crippen LogP contribution in [0.5, 0.6) is 5.75 Å². The zero-order chi connectivity index (χ0) is 18.5. The first-order chi connectivity index (χ1) is 12.6. The summed E-state index contributed by atoms with van der Waals surface area (Å²) in [7, 11) is 0. The quantitative estimate of drug-likeness (QED) is 0.826. The summed E-state index contributed by atoms with van der Waals surface area (Å²) in [5, 5.41) is 9.13. The molecule has 1 aliphatic rings. The molecule has 0 atom stereocenters. The fraction of sp³-hybridized carbons (Fsp3) is 0.263. The van der Waals surface area contributed by atoms with Crippen molar-refractivity contribution in [1.29, 1.82) is 5.26 Å². The maximum atomic E-state index is 13.0. The van der Waals surface area contributed by atoms with E-state index in [-0.39, 0.29) is 18.3 Å². The second-order valence-electron chi connectivity index (χ2n) is 5.89. The van der Waals surface area contributed by atoms with E-state index in [1.165, 1.54) is 18.2 Å². The van der Waals surface area contributed by atoms with Gasteiger partial charge in [-0.05, 0) is 42.5 Å². The fourth-order valence-electron chi connectivity index (χ4n) is 2.78. The highest BCUT2D eigenvalue weighted by molar-refractivity contribution is 6.32. The van der Waals surface area contributed by atoms with Crippen LogP contribution in [0.2, 0.25) is 5.02 Å². The number of halogens is 2. The Balaban J connectivity index is 1.51. The Labute approximate surface area is 156 Å². The van der Waals surface area contributed by atoms with Crippen molar-refractivity contribution in [3.05, 3.63) is 58.9 Å². The number of ether oxygens (including phenoxy) is 1. The summed E-state index contributed by atoms with van der Waals surface area (Å²) in [6, 6.07) is 13.0. The molecule has 0 N–H and O–H groups in total. The van der Waals surface area contributed by atoms with Crippen molar-refractivity contribution in [2.24, 2.45) is 0 Å². The highest BCUT2D eigenvalue weighted by atomic mass is 35.5. The van der Waals surface area contributed by atoms with E-state index in [4.69, 9.17) is 21.6 Å². The molecule has 3 rings (SSSR count). The monoisotopic (exact) mass is 373 g/mol. The molecule has 2 aromatic carbocycles. The lowest BCUT2D eigenvalue weighted by atomic mass is 10.2. The molecule has 5 nitrogen and oxygen atoms in total. The number of hydrogen-bond acceptors (Lipinski definition) is 4. The maximum absolute atomic E-state index is 13.0. The molecule has 0 bridgehead atoms. The minimum absolute atomic E-state index is 0.109. The van der Waals surface area contributed by atoms with Gasteiger partial charge in [-0.1, -0.05) is 11.6 Å². The predicted octanol–water partition coefficient (Wildman–Crippen LogP) is 3.08. The molecule has 0 radical (unpaired) electrons. The van der Waals surface area contributed by atoms with Gasteiger partial charge in [0, 0.05) is 31.9 Å².